The number of benzene rings is 1. The number of ether oxygens (including phenoxy) is 1. The maximum absolute atomic E-state index is 12.8. The normalized spacial score (nSPS) is 23.7. The maximum atomic E-state index is 12.8. The summed E-state index contributed by atoms with van der Waals surface area (Å²) in [7, 11) is -2.44. The van der Waals surface area contributed by atoms with Crippen molar-refractivity contribution in [3.63, 3.8) is 0 Å². The molecule has 3 N–H and O–H groups in total. The molecule has 1 aliphatic heterocycles. The molecule has 1 fully saturated rings. The van der Waals surface area contributed by atoms with E-state index in [-0.39, 0.29) is 11.4 Å². The van der Waals surface area contributed by atoms with Crippen molar-refractivity contribution in [1.29, 1.82) is 0 Å². The topological polar surface area (TPSA) is 110 Å². The number of aliphatic hydroxyl groups excluding tert-OH is 1. The van der Waals surface area contributed by atoms with Gasteiger partial charge in [0, 0.05) is 6.54 Å². The Balaban J connectivity index is 2.41. The Labute approximate surface area is 129 Å². The van der Waals surface area contributed by atoms with E-state index in [1.165, 1.54) is 31.4 Å². The summed E-state index contributed by atoms with van der Waals surface area (Å²) in [4.78, 5) is 11.7. The highest BCUT2D eigenvalue weighted by Crippen LogP contribution is 2.26. The molecule has 0 radical (unpaired) electrons. The highest BCUT2D eigenvalue weighted by molar-refractivity contribution is 7.89. The number of nitrogens with zero attached hydrogens (tertiary/aromatic N) is 1. The molecule has 1 aromatic rings. The Morgan fingerprint density at radius 3 is 2.50 bits per heavy atom. The van der Waals surface area contributed by atoms with Crippen LogP contribution >= 0.6 is 0 Å². The van der Waals surface area contributed by atoms with Gasteiger partial charge in [-0.2, -0.15) is 4.31 Å². The first-order valence-corrected chi connectivity index (χ1v) is 8.45. The van der Waals surface area contributed by atoms with Crippen molar-refractivity contribution in [2.75, 3.05) is 13.7 Å². The predicted molar refractivity (Wildman–Crippen MR) is 79.7 cm³/mol. The lowest BCUT2D eigenvalue weighted by Crippen LogP contribution is -2.53. The summed E-state index contributed by atoms with van der Waals surface area (Å²) in [6.45, 7) is 0.152. The number of methoxy groups -OCH3 is 1. The zero-order valence-electron chi connectivity index (χ0n) is 12.3. The molecule has 1 aromatic carbocycles. The lowest BCUT2D eigenvalue weighted by Gasteiger charge is -2.29. The Hall–Kier alpha value is -1.64. The molecule has 0 aliphatic carbocycles. The van der Waals surface area contributed by atoms with Crippen LogP contribution in [0.4, 0.5) is 0 Å². The predicted octanol–water partition coefficient (Wildman–Crippen LogP) is 0.0846. The number of hydrogen-bond acceptors (Lipinski definition) is 5. The molecule has 0 aromatic heterocycles. The van der Waals surface area contributed by atoms with Crippen LogP contribution in [-0.2, 0) is 14.8 Å². The molecule has 22 heavy (non-hydrogen) atoms. The van der Waals surface area contributed by atoms with Crippen molar-refractivity contribution in [3.8, 4) is 5.75 Å². The van der Waals surface area contributed by atoms with Crippen molar-refractivity contribution >= 4 is 15.9 Å². The van der Waals surface area contributed by atoms with Gasteiger partial charge in [-0.3, -0.25) is 4.79 Å². The minimum absolute atomic E-state index is 0.0358. The van der Waals surface area contributed by atoms with Crippen LogP contribution in [0.25, 0.3) is 0 Å². The smallest absolute Gasteiger partial charge is 0.243 e. The van der Waals surface area contributed by atoms with E-state index in [0.29, 0.717) is 25.0 Å². The molecule has 0 bridgehead atoms. The quantitative estimate of drug-likeness (QED) is 0.813. The van der Waals surface area contributed by atoms with Gasteiger partial charge in [-0.05, 0) is 43.5 Å². The van der Waals surface area contributed by atoms with Gasteiger partial charge in [-0.15, -0.1) is 0 Å². The molecule has 1 aliphatic rings. The van der Waals surface area contributed by atoms with E-state index >= 15 is 0 Å². The van der Waals surface area contributed by atoms with E-state index in [9.17, 15) is 18.3 Å². The van der Waals surface area contributed by atoms with Crippen LogP contribution in [0, 0.1) is 0 Å². The second-order valence-corrected chi connectivity index (χ2v) is 7.09. The summed E-state index contributed by atoms with van der Waals surface area (Å²) in [5, 5.41) is 10.1. The van der Waals surface area contributed by atoms with E-state index in [1.54, 1.807) is 0 Å². The summed E-state index contributed by atoms with van der Waals surface area (Å²) in [5.41, 5.74) is 5.31. The van der Waals surface area contributed by atoms with Gasteiger partial charge in [0.05, 0.1) is 18.1 Å². The Bertz CT molecular complexity index is 629. The summed E-state index contributed by atoms with van der Waals surface area (Å²) in [5.74, 6) is -0.312. The first-order chi connectivity index (χ1) is 10.4. The molecule has 2 rings (SSSR count). The first-order valence-electron chi connectivity index (χ1n) is 7.01. The first kappa shape index (κ1) is 16.7. The number of carbonyl (C=O) groups is 1. The molecule has 8 heteroatoms. The molecular formula is C14H20N2O5S. The Morgan fingerprint density at radius 1 is 1.32 bits per heavy atom. The van der Waals surface area contributed by atoms with E-state index in [4.69, 9.17) is 10.5 Å². The fourth-order valence-corrected chi connectivity index (χ4v) is 4.26. The summed E-state index contributed by atoms with van der Waals surface area (Å²) < 4.78 is 31.5. The average Bonchev–Trinajstić information content (AvgIpc) is 2.69. The number of rotatable bonds is 4. The number of nitrogens with two attached hydrogens (primary N) is 1. The minimum Gasteiger partial charge on any atom is -0.497 e. The average molecular weight is 328 g/mol. The van der Waals surface area contributed by atoms with Crippen molar-refractivity contribution in [2.45, 2.75) is 36.3 Å². The SMILES string of the molecule is COc1ccc(S(=O)(=O)N2CCCCC(O)C2C(N)=O)cc1. The Kier molecular flexibility index (Phi) is 5.05. The third-order valence-electron chi connectivity index (χ3n) is 3.76. The zero-order valence-corrected chi connectivity index (χ0v) is 13.1. The van der Waals surface area contributed by atoms with Gasteiger partial charge in [-0.1, -0.05) is 0 Å². The van der Waals surface area contributed by atoms with Gasteiger partial charge < -0.3 is 15.6 Å². The Morgan fingerprint density at radius 2 is 1.95 bits per heavy atom. The number of hydrogen-bond donors (Lipinski definition) is 2. The van der Waals surface area contributed by atoms with Crippen molar-refractivity contribution in [3.05, 3.63) is 24.3 Å². The molecule has 2 unspecified atom stereocenters. The third-order valence-corrected chi connectivity index (χ3v) is 5.66. The number of primary amides is 1. The zero-order chi connectivity index (χ0) is 16.3. The van der Waals surface area contributed by atoms with E-state index in [2.05, 4.69) is 0 Å². The highest BCUT2D eigenvalue weighted by Gasteiger charge is 2.40. The van der Waals surface area contributed by atoms with Crippen LogP contribution in [0.3, 0.4) is 0 Å². The van der Waals surface area contributed by atoms with E-state index in [0.717, 1.165) is 4.31 Å². The van der Waals surface area contributed by atoms with Crippen LogP contribution in [-0.4, -0.2) is 49.5 Å². The van der Waals surface area contributed by atoms with Crippen LogP contribution < -0.4 is 10.5 Å². The highest BCUT2D eigenvalue weighted by atomic mass is 32.2. The minimum atomic E-state index is -3.92. The van der Waals surface area contributed by atoms with Crippen LogP contribution in [0.2, 0.25) is 0 Å². The third kappa shape index (κ3) is 3.23. The maximum Gasteiger partial charge on any atom is 0.243 e. The van der Waals surface area contributed by atoms with Gasteiger partial charge in [0.2, 0.25) is 15.9 Å². The van der Waals surface area contributed by atoms with Gasteiger partial charge in [-0.25, -0.2) is 8.42 Å². The number of aliphatic hydroxyl groups is 1. The van der Waals surface area contributed by atoms with Crippen LogP contribution in [0.1, 0.15) is 19.3 Å². The molecule has 0 spiro atoms. The molecular weight excluding hydrogens is 308 g/mol. The monoisotopic (exact) mass is 328 g/mol. The molecule has 7 nitrogen and oxygen atoms in total. The van der Waals surface area contributed by atoms with Gasteiger partial charge >= 0.3 is 0 Å². The standard InChI is InChI=1S/C14H20N2O5S/c1-21-10-5-7-11(8-6-10)22(19,20)16-9-3-2-4-12(17)13(16)14(15)18/h5-8,12-13,17H,2-4,9H2,1H3,(H2,15,18). The number of carbonyl (C=O) groups excluding carboxylic acids is 1. The lowest BCUT2D eigenvalue weighted by molar-refractivity contribution is -0.124. The largest absolute Gasteiger partial charge is 0.497 e. The van der Waals surface area contributed by atoms with Crippen molar-refractivity contribution in [2.24, 2.45) is 5.73 Å². The van der Waals surface area contributed by atoms with E-state index in [1.807, 2.05) is 0 Å². The summed E-state index contributed by atoms with van der Waals surface area (Å²) in [6, 6.07) is 4.63. The molecule has 1 saturated heterocycles. The van der Waals surface area contributed by atoms with Gasteiger partial charge in [0.25, 0.3) is 0 Å². The van der Waals surface area contributed by atoms with Crippen LogP contribution in [0.5, 0.6) is 5.75 Å². The summed E-state index contributed by atoms with van der Waals surface area (Å²) >= 11 is 0. The van der Waals surface area contributed by atoms with Crippen molar-refractivity contribution in [1.82, 2.24) is 4.31 Å². The number of sulfonamides is 1. The molecule has 0 saturated carbocycles. The van der Waals surface area contributed by atoms with Crippen molar-refractivity contribution < 1.29 is 23.1 Å². The fourth-order valence-electron chi connectivity index (χ4n) is 2.59. The van der Waals surface area contributed by atoms with E-state index < -0.39 is 28.1 Å². The summed E-state index contributed by atoms with van der Waals surface area (Å²) in [6.07, 6.45) is 0.464. The molecule has 2 atom stereocenters. The molecule has 1 amide bonds. The molecule has 122 valence electrons. The van der Waals surface area contributed by atoms with Gasteiger partial charge in [0.1, 0.15) is 11.8 Å². The lowest BCUT2D eigenvalue weighted by atomic mass is 10.1. The van der Waals surface area contributed by atoms with Gasteiger partial charge in [0.15, 0.2) is 0 Å². The second kappa shape index (κ2) is 6.64. The van der Waals surface area contributed by atoms with Crippen LogP contribution in [0.15, 0.2) is 29.2 Å². The fraction of sp³-hybridized carbons (Fsp3) is 0.500. The second-order valence-electron chi connectivity index (χ2n) is 5.20. The molecule has 1 heterocycles. The number of amides is 1.